The summed E-state index contributed by atoms with van der Waals surface area (Å²) in [5.74, 6) is -1.42. The summed E-state index contributed by atoms with van der Waals surface area (Å²) in [6.07, 6.45) is -0.699. The molecule has 1 aliphatic heterocycles. The molecule has 2 atom stereocenters. The molecule has 0 spiro atoms. The summed E-state index contributed by atoms with van der Waals surface area (Å²) >= 11 is 0. The first-order valence-corrected chi connectivity index (χ1v) is 7.25. The number of hydrogen-bond donors (Lipinski definition) is 2. The zero-order valence-electron chi connectivity index (χ0n) is 13.0. The molecule has 1 amide bonds. The predicted molar refractivity (Wildman–Crippen MR) is 80.5 cm³/mol. The highest BCUT2D eigenvalue weighted by Gasteiger charge is 2.44. The average molecular weight is 321 g/mol. The van der Waals surface area contributed by atoms with Crippen LogP contribution in [0.25, 0.3) is 0 Å². The molecule has 23 heavy (non-hydrogen) atoms. The van der Waals surface area contributed by atoms with Gasteiger partial charge in [-0.15, -0.1) is 0 Å². The number of carboxylic acid groups (broad SMARTS) is 1. The highest BCUT2D eigenvalue weighted by atomic mass is 16.5. The van der Waals surface area contributed by atoms with E-state index in [1.807, 2.05) is 0 Å². The summed E-state index contributed by atoms with van der Waals surface area (Å²) in [6, 6.07) is 6.47. The number of carbonyl (C=O) groups excluding carboxylic acids is 2. The van der Waals surface area contributed by atoms with Crippen molar-refractivity contribution >= 4 is 17.7 Å². The van der Waals surface area contributed by atoms with Crippen molar-refractivity contribution in [3.8, 4) is 5.75 Å². The number of nitrogens with one attached hydrogen (secondary N) is 1. The van der Waals surface area contributed by atoms with Gasteiger partial charge in [0.2, 0.25) is 0 Å². The number of ether oxygens (including phenoxy) is 2. The van der Waals surface area contributed by atoms with Crippen LogP contribution in [0.4, 0.5) is 0 Å². The normalized spacial score (nSPS) is 21.5. The molecule has 1 aliphatic rings. The molecule has 0 aromatic heterocycles. The lowest BCUT2D eigenvalue weighted by Crippen LogP contribution is -2.57. The van der Waals surface area contributed by atoms with E-state index in [0.29, 0.717) is 11.3 Å². The van der Waals surface area contributed by atoms with Crippen molar-refractivity contribution in [3.63, 3.8) is 0 Å². The number of carbonyl (C=O) groups is 3. The molecule has 2 N–H and O–H groups in total. The number of amides is 1. The van der Waals surface area contributed by atoms with Gasteiger partial charge in [0.15, 0.2) is 17.4 Å². The Hall–Kier alpha value is -2.41. The maximum absolute atomic E-state index is 12.2. The monoisotopic (exact) mass is 321 g/mol. The summed E-state index contributed by atoms with van der Waals surface area (Å²) in [6.45, 7) is 3.16. The van der Waals surface area contributed by atoms with Crippen molar-refractivity contribution in [2.75, 3.05) is 13.2 Å². The molecule has 7 heteroatoms. The minimum Gasteiger partial charge on any atom is -0.481 e. The van der Waals surface area contributed by atoms with Crippen molar-refractivity contribution in [3.05, 3.63) is 29.8 Å². The molecule has 0 saturated carbocycles. The molecule has 0 bridgehead atoms. The fourth-order valence-electron chi connectivity index (χ4n) is 2.27. The fourth-order valence-corrected chi connectivity index (χ4v) is 2.27. The first-order chi connectivity index (χ1) is 10.8. The first kappa shape index (κ1) is 17.0. The largest absolute Gasteiger partial charge is 0.481 e. The van der Waals surface area contributed by atoms with E-state index in [-0.39, 0.29) is 25.4 Å². The van der Waals surface area contributed by atoms with Crippen molar-refractivity contribution in [1.29, 1.82) is 0 Å². The van der Waals surface area contributed by atoms with Crippen LogP contribution in [0.5, 0.6) is 5.75 Å². The second-order valence-corrected chi connectivity index (χ2v) is 5.52. The summed E-state index contributed by atoms with van der Waals surface area (Å²) in [5, 5.41) is 11.8. The number of carboxylic acids is 1. The van der Waals surface area contributed by atoms with Crippen LogP contribution in [0.15, 0.2) is 24.3 Å². The Morgan fingerprint density at radius 1 is 1.39 bits per heavy atom. The molecular formula is C16H19NO6. The van der Waals surface area contributed by atoms with Gasteiger partial charge in [-0.3, -0.25) is 9.59 Å². The van der Waals surface area contributed by atoms with E-state index in [1.165, 1.54) is 19.9 Å². The lowest BCUT2D eigenvalue weighted by atomic mass is 9.98. The molecule has 1 fully saturated rings. The van der Waals surface area contributed by atoms with Crippen molar-refractivity contribution in [2.45, 2.75) is 31.9 Å². The van der Waals surface area contributed by atoms with Gasteiger partial charge in [-0.1, -0.05) is 12.1 Å². The Morgan fingerprint density at radius 3 is 2.70 bits per heavy atom. The molecule has 1 aromatic rings. The fraction of sp³-hybridized carbons (Fsp3) is 0.438. The van der Waals surface area contributed by atoms with Crippen LogP contribution >= 0.6 is 0 Å². The molecule has 124 valence electrons. The van der Waals surface area contributed by atoms with Gasteiger partial charge in [-0.2, -0.15) is 0 Å². The van der Waals surface area contributed by atoms with Crippen LogP contribution in [0.3, 0.4) is 0 Å². The zero-order chi connectivity index (χ0) is 17.0. The third-order valence-electron chi connectivity index (χ3n) is 3.72. The molecule has 0 radical (unpaired) electrons. The Kier molecular flexibility index (Phi) is 5.00. The lowest BCUT2D eigenvalue weighted by molar-refractivity contribution is -0.148. The van der Waals surface area contributed by atoms with Gasteiger partial charge < -0.3 is 19.9 Å². The maximum Gasteiger partial charge on any atom is 0.331 e. The van der Waals surface area contributed by atoms with Gasteiger partial charge >= 0.3 is 5.97 Å². The molecular weight excluding hydrogens is 302 g/mol. The van der Waals surface area contributed by atoms with E-state index >= 15 is 0 Å². The highest BCUT2D eigenvalue weighted by molar-refractivity contribution is 5.94. The third-order valence-corrected chi connectivity index (χ3v) is 3.72. The van der Waals surface area contributed by atoms with Gasteiger partial charge in [0.1, 0.15) is 5.75 Å². The van der Waals surface area contributed by atoms with E-state index < -0.39 is 23.5 Å². The van der Waals surface area contributed by atoms with E-state index in [9.17, 15) is 19.5 Å². The average Bonchev–Trinajstić information content (AvgIpc) is 2.97. The summed E-state index contributed by atoms with van der Waals surface area (Å²) in [4.78, 5) is 34.9. The van der Waals surface area contributed by atoms with Crippen LogP contribution in [0.1, 0.15) is 30.6 Å². The molecule has 7 nitrogen and oxygen atoms in total. The number of benzene rings is 1. The quantitative estimate of drug-likeness (QED) is 0.758. The van der Waals surface area contributed by atoms with Gasteiger partial charge in [0.05, 0.1) is 6.61 Å². The van der Waals surface area contributed by atoms with Gasteiger partial charge in [0, 0.05) is 18.6 Å². The Balaban J connectivity index is 2.04. The molecule has 1 saturated heterocycles. The summed E-state index contributed by atoms with van der Waals surface area (Å²) < 4.78 is 10.6. The van der Waals surface area contributed by atoms with E-state index in [2.05, 4.69) is 5.32 Å². The van der Waals surface area contributed by atoms with Gasteiger partial charge in [-0.25, -0.2) is 4.79 Å². The van der Waals surface area contributed by atoms with Crippen molar-refractivity contribution in [1.82, 2.24) is 5.32 Å². The zero-order valence-corrected chi connectivity index (χ0v) is 13.0. The second-order valence-electron chi connectivity index (χ2n) is 5.52. The molecule has 2 rings (SSSR count). The van der Waals surface area contributed by atoms with Crippen LogP contribution in [-0.4, -0.2) is 47.6 Å². The maximum atomic E-state index is 12.2. The van der Waals surface area contributed by atoms with E-state index in [0.717, 1.165) is 0 Å². The first-order valence-electron chi connectivity index (χ1n) is 7.25. The SMILES string of the molecule is CC(=O)c1cccc(OC(C)C(=O)NC2(C(=O)O)CCOC2)c1. The molecule has 2 unspecified atom stereocenters. The van der Waals surface area contributed by atoms with Crippen LogP contribution in [0, 0.1) is 0 Å². The van der Waals surface area contributed by atoms with Crippen LogP contribution in [-0.2, 0) is 14.3 Å². The van der Waals surface area contributed by atoms with Gasteiger partial charge in [-0.05, 0) is 26.0 Å². The standard InChI is InChI=1S/C16H19NO6/c1-10(18)12-4-3-5-13(8-12)23-11(2)14(19)17-16(15(20)21)6-7-22-9-16/h3-5,8,11H,6-7,9H2,1-2H3,(H,17,19)(H,20,21). The summed E-state index contributed by atoms with van der Waals surface area (Å²) in [7, 11) is 0. The Morgan fingerprint density at radius 2 is 2.13 bits per heavy atom. The Labute approximate surface area is 133 Å². The van der Waals surface area contributed by atoms with Crippen molar-refractivity contribution in [2.24, 2.45) is 0 Å². The summed E-state index contributed by atoms with van der Waals surface area (Å²) in [5.41, 5.74) is -0.933. The lowest BCUT2D eigenvalue weighted by Gasteiger charge is -2.25. The second kappa shape index (κ2) is 6.78. The molecule has 0 aliphatic carbocycles. The number of aliphatic carboxylic acids is 1. The number of ketones is 1. The molecule has 1 aromatic carbocycles. The van der Waals surface area contributed by atoms with Crippen LogP contribution in [0.2, 0.25) is 0 Å². The molecule has 1 heterocycles. The highest BCUT2D eigenvalue weighted by Crippen LogP contribution is 2.20. The Bertz CT molecular complexity index is 621. The van der Waals surface area contributed by atoms with Crippen LogP contribution < -0.4 is 10.1 Å². The number of hydrogen-bond acceptors (Lipinski definition) is 5. The minimum atomic E-state index is -1.41. The number of rotatable bonds is 6. The van der Waals surface area contributed by atoms with E-state index in [1.54, 1.807) is 18.2 Å². The predicted octanol–water partition coefficient (Wildman–Crippen LogP) is 1.02. The van der Waals surface area contributed by atoms with Gasteiger partial charge in [0.25, 0.3) is 5.91 Å². The van der Waals surface area contributed by atoms with E-state index in [4.69, 9.17) is 9.47 Å². The smallest absolute Gasteiger partial charge is 0.331 e. The minimum absolute atomic E-state index is 0.0688. The number of Topliss-reactive ketones (excluding diaryl/α,β-unsaturated/α-hetero) is 1. The van der Waals surface area contributed by atoms with Crippen molar-refractivity contribution < 1.29 is 29.0 Å². The topological polar surface area (TPSA) is 102 Å². The third kappa shape index (κ3) is 3.87.